The van der Waals surface area contributed by atoms with Crippen molar-refractivity contribution in [3.8, 4) is 17.1 Å². The molecule has 2 aliphatic rings. The summed E-state index contributed by atoms with van der Waals surface area (Å²) in [4.78, 5) is 21.3. The fraction of sp³-hybridized carbons (Fsp3) is 0.480. The van der Waals surface area contributed by atoms with Gasteiger partial charge in [-0.2, -0.15) is 5.10 Å². The maximum absolute atomic E-state index is 6.34. The molecule has 1 saturated heterocycles. The Balaban J connectivity index is 1.36. The van der Waals surface area contributed by atoms with Crippen LogP contribution in [0.1, 0.15) is 43.6 Å². The van der Waals surface area contributed by atoms with Crippen LogP contribution in [0, 0.1) is 6.92 Å². The first-order valence-corrected chi connectivity index (χ1v) is 12.5. The van der Waals surface area contributed by atoms with E-state index in [1.807, 2.05) is 41.5 Å². The summed E-state index contributed by atoms with van der Waals surface area (Å²) < 4.78 is 10.1. The van der Waals surface area contributed by atoms with E-state index in [0.29, 0.717) is 18.5 Å². The Morgan fingerprint density at radius 3 is 2.86 bits per heavy atom. The third-order valence-corrected chi connectivity index (χ3v) is 6.92. The molecule has 0 amide bonds. The molecule has 35 heavy (non-hydrogen) atoms. The zero-order valence-corrected chi connectivity index (χ0v) is 20.3. The van der Waals surface area contributed by atoms with Crippen molar-refractivity contribution in [3.05, 3.63) is 42.4 Å². The van der Waals surface area contributed by atoms with E-state index in [-0.39, 0.29) is 0 Å². The molecule has 0 saturated carbocycles. The first-order chi connectivity index (χ1) is 17.1. The van der Waals surface area contributed by atoms with Crippen LogP contribution in [-0.4, -0.2) is 64.8 Å². The number of rotatable bonds is 0. The van der Waals surface area contributed by atoms with Gasteiger partial charge in [-0.05, 0) is 45.7 Å². The normalized spacial score (nSPS) is 19.3. The molecule has 1 N–H and O–H groups in total. The van der Waals surface area contributed by atoms with Crippen LogP contribution in [0.15, 0.2) is 30.9 Å². The summed E-state index contributed by atoms with van der Waals surface area (Å²) in [6.07, 6.45) is 14.2. The van der Waals surface area contributed by atoms with Crippen molar-refractivity contribution in [2.75, 3.05) is 25.0 Å². The molecule has 0 unspecified atom stereocenters. The number of aryl methyl sites for hydroxylation is 3. The Morgan fingerprint density at radius 1 is 1.00 bits per heavy atom. The van der Waals surface area contributed by atoms with E-state index in [1.54, 1.807) is 12.4 Å². The fourth-order valence-electron chi connectivity index (χ4n) is 5.17. The van der Waals surface area contributed by atoms with Gasteiger partial charge in [0.1, 0.15) is 29.6 Å². The van der Waals surface area contributed by atoms with Gasteiger partial charge in [-0.15, -0.1) is 0 Å². The number of hydrogen-bond acceptors (Lipinski definition) is 8. The average Bonchev–Trinajstić information content (AvgIpc) is 3.54. The Labute approximate surface area is 204 Å². The highest BCUT2D eigenvalue weighted by molar-refractivity contribution is 5.64. The minimum Gasteiger partial charge on any atom is -0.488 e. The number of aromatic nitrogens is 7. The maximum atomic E-state index is 6.34. The molecular formula is C25H31N9O. The quantitative estimate of drug-likeness (QED) is 0.414. The van der Waals surface area contributed by atoms with Crippen LogP contribution in [-0.2, 0) is 13.5 Å². The van der Waals surface area contributed by atoms with Gasteiger partial charge in [0.15, 0.2) is 17.2 Å². The molecule has 0 spiro atoms. The summed E-state index contributed by atoms with van der Waals surface area (Å²) in [5.41, 5.74) is 3.36. The van der Waals surface area contributed by atoms with Gasteiger partial charge >= 0.3 is 0 Å². The molecule has 10 nitrogen and oxygen atoms in total. The van der Waals surface area contributed by atoms with Gasteiger partial charge in [-0.1, -0.05) is 6.42 Å². The number of anilines is 2. The topological polar surface area (TPSA) is 98.3 Å². The standard InChI is InChI=1S/C25H31N9O/c1-17-11-22-29-21(28-17)8-4-3-5-9-33-10-6-7-18(33)16-35-20-12-27-32(2)25(20)19-14-34-15-23(30-22)31-24(34)13-26-19/h11-15,18H,3-10,16H2,1-2H3,(H,28,29,30)/t18-/m1/s1. The molecule has 2 aliphatic heterocycles. The Bertz CT molecular complexity index is 1340. The van der Waals surface area contributed by atoms with Crippen molar-refractivity contribution in [1.29, 1.82) is 0 Å². The number of nitrogens with one attached hydrogen (secondary N) is 1. The molecule has 4 aromatic rings. The van der Waals surface area contributed by atoms with Crippen LogP contribution in [0.4, 0.5) is 11.6 Å². The van der Waals surface area contributed by atoms with Gasteiger partial charge in [0.25, 0.3) is 0 Å². The van der Waals surface area contributed by atoms with Crippen LogP contribution < -0.4 is 10.1 Å². The Morgan fingerprint density at radius 2 is 1.91 bits per heavy atom. The second-order valence-electron chi connectivity index (χ2n) is 9.53. The van der Waals surface area contributed by atoms with E-state index >= 15 is 0 Å². The number of hydrogen-bond donors (Lipinski definition) is 1. The zero-order chi connectivity index (χ0) is 23.8. The molecule has 5 bridgehead atoms. The molecule has 1 atom stereocenters. The molecule has 1 fully saturated rings. The van der Waals surface area contributed by atoms with Crippen molar-refractivity contribution in [2.45, 2.75) is 51.5 Å². The van der Waals surface area contributed by atoms with Gasteiger partial charge in [-0.25, -0.2) is 19.9 Å². The second-order valence-corrected chi connectivity index (χ2v) is 9.53. The van der Waals surface area contributed by atoms with Gasteiger partial charge in [0.2, 0.25) is 0 Å². The monoisotopic (exact) mass is 473 g/mol. The van der Waals surface area contributed by atoms with Crippen LogP contribution in [0.3, 0.4) is 0 Å². The lowest BCUT2D eigenvalue weighted by atomic mass is 10.1. The zero-order valence-electron chi connectivity index (χ0n) is 20.3. The number of fused-ring (bicyclic) bond motifs is 7. The summed E-state index contributed by atoms with van der Waals surface area (Å²) in [5, 5.41) is 7.81. The summed E-state index contributed by atoms with van der Waals surface area (Å²) in [7, 11) is 1.92. The van der Waals surface area contributed by atoms with Crippen molar-refractivity contribution >= 4 is 17.3 Å². The first-order valence-electron chi connectivity index (χ1n) is 12.5. The smallest absolute Gasteiger partial charge is 0.166 e. The molecule has 0 radical (unpaired) electrons. The molecule has 4 aromatic heterocycles. The van der Waals surface area contributed by atoms with E-state index in [9.17, 15) is 0 Å². The molecule has 182 valence electrons. The lowest BCUT2D eigenvalue weighted by molar-refractivity contribution is 0.171. The van der Waals surface area contributed by atoms with Crippen LogP contribution in [0.25, 0.3) is 17.0 Å². The highest BCUT2D eigenvalue weighted by Gasteiger charge is 2.26. The minimum atomic E-state index is 0.439. The average molecular weight is 474 g/mol. The SMILES string of the molecule is Cc1cc2nc(n1)CCCCCN1CCC[C@@H]1COc1cnn(C)c1-c1cn3cc(nc3cn1)N2. The van der Waals surface area contributed by atoms with E-state index in [0.717, 1.165) is 72.5 Å². The predicted molar refractivity (Wildman–Crippen MR) is 133 cm³/mol. The summed E-state index contributed by atoms with van der Waals surface area (Å²) in [6.45, 7) is 4.93. The number of ether oxygens (including phenoxy) is 1. The lowest BCUT2D eigenvalue weighted by Gasteiger charge is -2.24. The van der Waals surface area contributed by atoms with Gasteiger partial charge in [0.05, 0.1) is 18.6 Å². The van der Waals surface area contributed by atoms with E-state index in [4.69, 9.17) is 9.72 Å². The minimum absolute atomic E-state index is 0.439. The van der Waals surface area contributed by atoms with E-state index < -0.39 is 0 Å². The summed E-state index contributed by atoms with van der Waals surface area (Å²) in [5.74, 6) is 3.12. The highest BCUT2D eigenvalue weighted by atomic mass is 16.5. The van der Waals surface area contributed by atoms with Crippen LogP contribution >= 0.6 is 0 Å². The highest BCUT2D eigenvalue weighted by Crippen LogP contribution is 2.30. The van der Waals surface area contributed by atoms with E-state index in [1.165, 1.54) is 19.3 Å². The third kappa shape index (κ3) is 4.58. The molecular weight excluding hydrogens is 442 g/mol. The largest absolute Gasteiger partial charge is 0.488 e. The number of imidazole rings is 1. The van der Waals surface area contributed by atoms with E-state index in [2.05, 4.69) is 30.3 Å². The molecule has 0 aromatic carbocycles. The number of nitrogens with zero attached hydrogens (tertiary/aromatic N) is 8. The van der Waals surface area contributed by atoms with Gasteiger partial charge < -0.3 is 14.5 Å². The summed E-state index contributed by atoms with van der Waals surface area (Å²) in [6, 6.07) is 2.39. The van der Waals surface area contributed by atoms with Crippen molar-refractivity contribution in [3.63, 3.8) is 0 Å². The van der Waals surface area contributed by atoms with Gasteiger partial charge in [-0.3, -0.25) is 9.58 Å². The molecule has 6 rings (SSSR count). The molecule has 6 heterocycles. The molecule has 10 heteroatoms. The summed E-state index contributed by atoms with van der Waals surface area (Å²) >= 11 is 0. The fourth-order valence-corrected chi connectivity index (χ4v) is 5.17. The second kappa shape index (κ2) is 9.26. The first kappa shape index (κ1) is 22.0. The van der Waals surface area contributed by atoms with Crippen LogP contribution in [0.2, 0.25) is 0 Å². The predicted octanol–water partition coefficient (Wildman–Crippen LogP) is 3.54. The lowest BCUT2D eigenvalue weighted by Crippen LogP contribution is -2.35. The van der Waals surface area contributed by atoms with Gasteiger partial charge in [0, 0.05) is 37.5 Å². The molecule has 0 aliphatic carbocycles. The van der Waals surface area contributed by atoms with Crippen molar-refractivity contribution in [1.82, 2.24) is 39.0 Å². The van der Waals surface area contributed by atoms with Crippen molar-refractivity contribution in [2.24, 2.45) is 7.05 Å². The maximum Gasteiger partial charge on any atom is 0.166 e. The van der Waals surface area contributed by atoms with Crippen LogP contribution in [0.5, 0.6) is 5.75 Å². The Kier molecular flexibility index (Phi) is 5.81. The Hall–Kier alpha value is -3.53. The van der Waals surface area contributed by atoms with Crippen molar-refractivity contribution < 1.29 is 4.74 Å². The third-order valence-electron chi connectivity index (χ3n) is 6.92.